The summed E-state index contributed by atoms with van der Waals surface area (Å²) < 4.78 is 4.52. The van der Waals surface area contributed by atoms with E-state index in [1.54, 1.807) is 26.2 Å². The molecule has 1 rings (SSSR count). The zero-order valence-electron chi connectivity index (χ0n) is 9.56. The van der Waals surface area contributed by atoms with Crippen molar-refractivity contribution in [2.24, 2.45) is 0 Å². The molecule has 86 valence electrons. The molecule has 0 aromatic carbocycles. The van der Waals surface area contributed by atoms with Crippen LogP contribution < -0.4 is 0 Å². The van der Waals surface area contributed by atoms with Gasteiger partial charge in [-0.3, -0.25) is 14.6 Å². The van der Waals surface area contributed by atoms with Gasteiger partial charge < -0.3 is 9.64 Å². The van der Waals surface area contributed by atoms with E-state index in [2.05, 4.69) is 9.72 Å². The van der Waals surface area contributed by atoms with Crippen LogP contribution in [0.2, 0.25) is 0 Å². The van der Waals surface area contributed by atoms with Crippen molar-refractivity contribution in [3.05, 3.63) is 29.6 Å². The standard InChI is InChI=1S/C11H14N2O3/c1-13(2)11(15)8-4-5-9(12-7-8)6-10(14)16-3/h4-5,7H,6H2,1-3H3. The first-order valence-electron chi connectivity index (χ1n) is 4.78. The molecule has 0 aliphatic rings. The van der Waals surface area contributed by atoms with Gasteiger partial charge in [0.05, 0.1) is 24.8 Å². The third-order valence-electron chi connectivity index (χ3n) is 2.03. The first-order valence-corrected chi connectivity index (χ1v) is 4.78. The summed E-state index contributed by atoms with van der Waals surface area (Å²) in [6.45, 7) is 0. The minimum absolute atomic E-state index is 0.114. The highest BCUT2D eigenvalue weighted by Gasteiger charge is 2.09. The average Bonchev–Trinajstić information content (AvgIpc) is 2.28. The molecule has 0 N–H and O–H groups in total. The predicted molar refractivity (Wildman–Crippen MR) is 58.0 cm³/mol. The molecule has 0 bridgehead atoms. The highest BCUT2D eigenvalue weighted by Crippen LogP contribution is 2.04. The molecule has 0 radical (unpaired) electrons. The van der Waals surface area contributed by atoms with Crippen molar-refractivity contribution in [1.29, 1.82) is 0 Å². The van der Waals surface area contributed by atoms with Crippen molar-refractivity contribution in [3.63, 3.8) is 0 Å². The molecule has 0 saturated heterocycles. The maximum absolute atomic E-state index is 11.5. The highest BCUT2D eigenvalue weighted by atomic mass is 16.5. The largest absolute Gasteiger partial charge is 0.469 e. The van der Waals surface area contributed by atoms with Crippen LogP contribution in [0.3, 0.4) is 0 Å². The molecule has 1 aromatic rings. The lowest BCUT2D eigenvalue weighted by Gasteiger charge is -2.09. The zero-order chi connectivity index (χ0) is 12.1. The third-order valence-corrected chi connectivity index (χ3v) is 2.03. The second-order valence-electron chi connectivity index (χ2n) is 3.49. The molecule has 0 fully saturated rings. The average molecular weight is 222 g/mol. The highest BCUT2D eigenvalue weighted by molar-refractivity contribution is 5.93. The maximum atomic E-state index is 11.5. The molecule has 0 aliphatic carbocycles. The summed E-state index contributed by atoms with van der Waals surface area (Å²) in [4.78, 5) is 28.0. The summed E-state index contributed by atoms with van der Waals surface area (Å²) in [5, 5.41) is 0. The number of aromatic nitrogens is 1. The van der Waals surface area contributed by atoms with Crippen LogP contribution in [0, 0.1) is 0 Å². The van der Waals surface area contributed by atoms with E-state index >= 15 is 0 Å². The Labute approximate surface area is 94.0 Å². The van der Waals surface area contributed by atoms with E-state index in [-0.39, 0.29) is 18.3 Å². The van der Waals surface area contributed by atoms with Crippen molar-refractivity contribution in [2.45, 2.75) is 6.42 Å². The summed E-state index contributed by atoms with van der Waals surface area (Å²) in [7, 11) is 4.67. The SMILES string of the molecule is COC(=O)Cc1ccc(C(=O)N(C)C)cn1. The fourth-order valence-electron chi connectivity index (χ4n) is 1.13. The summed E-state index contributed by atoms with van der Waals surface area (Å²) >= 11 is 0. The van der Waals surface area contributed by atoms with Gasteiger partial charge in [0, 0.05) is 20.3 Å². The van der Waals surface area contributed by atoms with E-state index in [1.165, 1.54) is 18.2 Å². The van der Waals surface area contributed by atoms with Crippen LogP contribution in [-0.2, 0) is 16.0 Å². The van der Waals surface area contributed by atoms with Crippen LogP contribution in [-0.4, -0.2) is 43.0 Å². The van der Waals surface area contributed by atoms with Gasteiger partial charge in [-0.15, -0.1) is 0 Å². The Hall–Kier alpha value is -1.91. The number of esters is 1. The van der Waals surface area contributed by atoms with Crippen LogP contribution in [0.5, 0.6) is 0 Å². The molecule has 5 heteroatoms. The molecule has 5 nitrogen and oxygen atoms in total. The topological polar surface area (TPSA) is 59.5 Å². The first kappa shape index (κ1) is 12.2. The molecule has 1 aromatic heterocycles. The number of ether oxygens (including phenoxy) is 1. The van der Waals surface area contributed by atoms with Crippen LogP contribution in [0.1, 0.15) is 16.1 Å². The number of hydrogen-bond donors (Lipinski definition) is 0. The van der Waals surface area contributed by atoms with Gasteiger partial charge in [-0.25, -0.2) is 0 Å². The van der Waals surface area contributed by atoms with Crippen molar-refractivity contribution in [1.82, 2.24) is 9.88 Å². The summed E-state index contributed by atoms with van der Waals surface area (Å²) in [6.07, 6.45) is 1.58. The lowest BCUT2D eigenvalue weighted by atomic mass is 10.2. The van der Waals surface area contributed by atoms with E-state index in [0.717, 1.165) is 0 Å². The fourth-order valence-corrected chi connectivity index (χ4v) is 1.13. The van der Waals surface area contributed by atoms with Crippen LogP contribution in [0.15, 0.2) is 18.3 Å². The van der Waals surface area contributed by atoms with E-state index in [9.17, 15) is 9.59 Å². The number of carbonyl (C=O) groups is 2. The molecule has 0 atom stereocenters. The van der Waals surface area contributed by atoms with Crippen LogP contribution in [0.25, 0.3) is 0 Å². The van der Waals surface area contributed by atoms with Crippen LogP contribution in [0.4, 0.5) is 0 Å². The minimum Gasteiger partial charge on any atom is -0.469 e. The van der Waals surface area contributed by atoms with Crippen molar-refractivity contribution >= 4 is 11.9 Å². The second kappa shape index (κ2) is 5.25. The van der Waals surface area contributed by atoms with E-state index < -0.39 is 0 Å². The Morgan fingerprint density at radius 3 is 2.50 bits per heavy atom. The Morgan fingerprint density at radius 1 is 1.38 bits per heavy atom. The zero-order valence-corrected chi connectivity index (χ0v) is 9.56. The number of carbonyl (C=O) groups excluding carboxylic acids is 2. The number of methoxy groups -OCH3 is 1. The molecule has 1 amide bonds. The number of pyridine rings is 1. The Balaban J connectivity index is 2.75. The second-order valence-corrected chi connectivity index (χ2v) is 3.49. The van der Waals surface area contributed by atoms with E-state index in [4.69, 9.17) is 0 Å². The van der Waals surface area contributed by atoms with Gasteiger partial charge in [0.25, 0.3) is 5.91 Å². The molecular weight excluding hydrogens is 208 g/mol. The number of hydrogen-bond acceptors (Lipinski definition) is 4. The van der Waals surface area contributed by atoms with Crippen LogP contribution >= 0.6 is 0 Å². The van der Waals surface area contributed by atoms with Gasteiger partial charge in [-0.05, 0) is 12.1 Å². The monoisotopic (exact) mass is 222 g/mol. The fraction of sp³-hybridized carbons (Fsp3) is 0.364. The number of rotatable bonds is 3. The molecule has 1 heterocycles. The smallest absolute Gasteiger partial charge is 0.311 e. The lowest BCUT2D eigenvalue weighted by molar-refractivity contribution is -0.139. The molecule has 0 aliphatic heterocycles. The number of nitrogens with zero attached hydrogens (tertiary/aromatic N) is 2. The van der Waals surface area contributed by atoms with Gasteiger partial charge in [-0.1, -0.05) is 0 Å². The minimum atomic E-state index is -0.348. The molecule has 0 unspecified atom stereocenters. The van der Waals surface area contributed by atoms with Crippen molar-refractivity contribution in [3.8, 4) is 0 Å². The summed E-state index contributed by atoms with van der Waals surface area (Å²) in [5.74, 6) is -0.462. The Morgan fingerprint density at radius 2 is 2.06 bits per heavy atom. The van der Waals surface area contributed by atoms with Crippen molar-refractivity contribution < 1.29 is 14.3 Å². The van der Waals surface area contributed by atoms with Gasteiger partial charge >= 0.3 is 5.97 Å². The molecule has 0 saturated carbocycles. The van der Waals surface area contributed by atoms with Crippen molar-refractivity contribution in [2.75, 3.05) is 21.2 Å². The third kappa shape index (κ3) is 3.05. The summed E-state index contributed by atoms with van der Waals surface area (Å²) in [5.41, 5.74) is 1.08. The van der Waals surface area contributed by atoms with Gasteiger partial charge in [0.1, 0.15) is 0 Å². The predicted octanol–water partition coefficient (Wildman–Crippen LogP) is 0.499. The van der Waals surface area contributed by atoms with Gasteiger partial charge in [0.15, 0.2) is 0 Å². The molecule has 0 spiro atoms. The van der Waals surface area contributed by atoms with Gasteiger partial charge in [-0.2, -0.15) is 0 Å². The Kier molecular flexibility index (Phi) is 3.99. The first-order chi connectivity index (χ1) is 7.54. The molecule has 16 heavy (non-hydrogen) atoms. The normalized spacial score (nSPS) is 9.69. The maximum Gasteiger partial charge on any atom is 0.311 e. The van der Waals surface area contributed by atoms with Gasteiger partial charge in [0.2, 0.25) is 0 Å². The lowest BCUT2D eigenvalue weighted by Crippen LogP contribution is -2.21. The molecular formula is C11H14N2O3. The van der Waals surface area contributed by atoms with E-state index in [1.807, 2.05) is 0 Å². The number of amides is 1. The summed E-state index contributed by atoms with van der Waals surface area (Å²) in [6, 6.07) is 3.29. The quantitative estimate of drug-likeness (QED) is 0.699. The van der Waals surface area contributed by atoms with E-state index in [0.29, 0.717) is 11.3 Å². The Bertz CT molecular complexity index is 385.